The van der Waals surface area contributed by atoms with E-state index in [2.05, 4.69) is 10.5 Å². The van der Waals surface area contributed by atoms with Crippen molar-refractivity contribution in [3.63, 3.8) is 0 Å². The summed E-state index contributed by atoms with van der Waals surface area (Å²) >= 11 is 0. The molecular weight excluding hydrogens is 286 g/mol. The molecule has 2 heterocycles. The average Bonchev–Trinajstić information content (AvgIpc) is 3.12. The molecule has 2 amide bonds. The van der Waals surface area contributed by atoms with Crippen LogP contribution in [0.2, 0.25) is 0 Å². The van der Waals surface area contributed by atoms with Crippen LogP contribution in [0, 0.1) is 6.92 Å². The number of ether oxygens (including phenoxy) is 2. The highest BCUT2D eigenvalue weighted by molar-refractivity contribution is 5.73. The molecule has 22 heavy (non-hydrogen) atoms. The fourth-order valence-corrected chi connectivity index (χ4v) is 2.17. The van der Waals surface area contributed by atoms with Crippen LogP contribution in [0.3, 0.4) is 0 Å². The van der Waals surface area contributed by atoms with E-state index in [4.69, 9.17) is 14.0 Å². The van der Waals surface area contributed by atoms with Crippen molar-refractivity contribution in [3.8, 4) is 11.5 Å². The summed E-state index contributed by atoms with van der Waals surface area (Å²) in [5.41, 5.74) is 1.67. The van der Waals surface area contributed by atoms with Crippen molar-refractivity contribution in [2.24, 2.45) is 0 Å². The Labute approximate surface area is 127 Å². The molecule has 0 saturated carbocycles. The number of carbonyl (C=O) groups excluding carboxylic acids is 1. The summed E-state index contributed by atoms with van der Waals surface area (Å²) in [6.07, 6.45) is 0. The number of fused-ring (bicyclic) bond motifs is 1. The van der Waals surface area contributed by atoms with Gasteiger partial charge in [0.25, 0.3) is 0 Å². The highest BCUT2D eigenvalue weighted by atomic mass is 16.7. The lowest BCUT2D eigenvalue weighted by Crippen LogP contribution is -2.36. The molecule has 1 N–H and O–H groups in total. The van der Waals surface area contributed by atoms with Crippen LogP contribution in [0.4, 0.5) is 4.79 Å². The lowest BCUT2D eigenvalue weighted by Gasteiger charge is -2.16. The van der Waals surface area contributed by atoms with Gasteiger partial charge in [-0.1, -0.05) is 11.2 Å². The zero-order valence-corrected chi connectivity index (χ0v) is 12.5. The molecule has 0 saturated heterocycles. The van der Waals surface area contributed by atoms with Crippen LogP contribution < -0.4 is 14.8 Å². The smallest absolute Gasteiger partial charge is 0.317 e. The summed E-state index contributed by atoms with van der Waals surface area (Å²) in [5, 5.41) is 6.72. The monoisotopic (exact) mass is 303 g/mol. The SMILES string of the molecule is Cc1cc(CN(C)C(=O)NCc2ccc3c(c2)OCO3)no1. The first-order chi connectivity index (χ1) is 10.6. The van der Waals surface area contributed by atoms with Crippen LogP contribution in [-0.2, 0) is 13.1 Å². The van der Waals surface area contributed by atoms with Crippen molar-refractivity contribution in [2.75, 3.05) is 13.8 Å². The van der Waals surface area contributed by atoms with Gasteiger partial charge in [-0.3, -0.25) is 0 Å². The number of amides is 2. The second-order valence-corrected chi connectivity index (χ2v) is 5.13. The predicted octanol–water partition coefficient (Wildman–Crippen LogP) is 2.05. The van der Waals surface area contributed by atoms with E-state index in [0.29, 0.717) is 18.8 Å². The van der Waals surface area contributed by atoms with E-state index in [0.717, 1.165) is 22.8 Å². The van der Waals surface area contributed by atoms with Gasteiger partial charge in [0, 0.05) is 19.7 Å². The summed E-state index contributed by atoms with van der Waals surface area (Å²) < 4.78 is 15.5. The van der Waals surface area contributed by atoms with Crippen LogP contribution in [0.25, 0.3) is 0 Å². The summed E-state index contributed by atoms with van der Waals surface area (Å²) in [6, 6.07) is 7.23. The van der Waals surface area contributed by atoms with Crippen molar-refractivity contribution in [1.82, 2.24) is 15.4 Å². The van der Waals surface area contributed by atoms with Gasteiger partial charge in [-0.2, -0.15) is 0 Å². The molecule has 1 aromatic heterocycles. The largest absolute Gasteiger partial charge is 0.454 e. The summed E-state index contributed by atoms with van der Waals surface area (Å²) in [5.74, 6) is 2.16. The van der Waals surface area contributed by atoms with Gasteiger partial charge in [0.2, 0.25) is 6.79 Å². The van der Waals surface area contributed by atoms with Crippen LogP contribution in [0.5, 0.6) is 11.5 Å². The first-order valence-corrected chi connectivity index (χ1v) is 6.91. The fraction of sp³-hybridized carbons (Fsp3) is 0.333. The second kappa shape index (κ2) is 5.97. The van der Waals surface area contributed by atoms with Crippen molar-refractivity contribution in [2.45, 2.75) is 20.0 Å². The highest BCUT2D eigenvalue weighted by Crippen LogP contribution is 2.32. The van der Waals surface area contributed by atoms with Gasteiger partial charge >= 0.3 is 6.03 Å². The maximum Gasteiger partial charge on any atom is 0.317 e. The molecule has 0 bridgehead atoms. The number of benzene rings is 1. The standard InChI is InChI=1S/C15H17N3O4/c1-10-5-12(17-22-10)8-18(2)15(19)16-7-11-3-4-13-14(6-11)21-9-20-13/h3-6H,7-9H2,1-2H3,(H,16,19). The van der Waals surface area contributed by atoms with E-state index in [1.807, 2.05) is 31.2 Å². The van der Waals surface area contributed by atoms with Crippen molar-refractivity contribution in [3.05, 3.63) is 41.3 Å². The van der Waals surface area contributed by atoms with E-state index in [-0.39, 0.29) is 12.8 Å². The molecule has 0 aliphatic carbocycles. The maximum absolute atomic E-state index is 12.1. The van der Waals surface area contributed by atoms with Crippen LogP contribution in [0.15, 0.2) is 28.8 Å². The minimum absolute atomic E-state index is 0.182. The minimum atomic E-state index is -0.182. The minimum Gasteiger partial charge on any atom is -0.454 e. The quantitative estimate of drug-likeness (QED) is 0.935. The number of nitrogens with zero attached hydrogens (tertiary/aromatic N) is 2. The predicted molar refractivity (Wildman–Crippen MR) is 77.5 cm³/mol. The second-order valence-electron chi connectivity index (χ2n) is 5.13. The number of nitrogens with one attached hydrogen (secondary N) is 1. The Bertz CT molecular complexity index is 683. The molecule has 1 aliphatic heterocycles. The summed E-state index contributed by atoms with van der Waals surface area (Å²) in [4.78, 5) is 13.6. The lowest BCUT2D eigenvalue weighted by atomic mass is 10.2. The van der Waals surface area contributed by atoms with Crippen molar-refractivity contribution in [1.29, 1.82) is 0 Å². The van der Waals surface area contributed by atoms with E-state index in [1.54, 1.807) is 11.9 Å². The van der Waals surface area contributed by atoms with Crippen LogP contribution >= 0.6 is 0 Å². The fourth-order valence-electron chi connectivity index (χ4n) is 2.17. The zero-order valence-electron chi connectivity index (χ0n) is 12.5. The molecule has 0 fully saturated rings. The average molecular weight is 303 g/mol. The Hall–Kier alpha value is -2.70. The molecule has 0 unspecified atom stereocenters. The Morgan fingerprint density at radius 2 is 2.14 bits per heavy atom. The molecule has 3 rings (SSSR count). The Morgan fingerprint density at radius 3 is 2.91 bits per heavy atom. The topological polar surface area (TPSA) is 76.8 Å². The van der Waals surface area contributed by atoms with Gasteiger partial charge in [0.1, 0.15) is 11.5 Å². The molecule has 1 aliphatic rings. The molecular formula is C15H17N3O4. The molecule has 116 valence electrons. The molecule has 2 aromatic rings. The third-order valence-corrected chi connectivity index (χ3v) is 3.30. The summed E-state index contributed by atoms with van der Waals surface area (Å²) in [6.45, 7) is 2.86. The number of rotatable bonds is 4. The van der Waals surface area contributed by atoms with Crippen LogP contribution in [0.1, 0.15) is 17.0 Å². The highest BCUT2D eigenvalue weighted by Gasteiger charge is 2.14. The number of aryl methyl sites for hydroxylation is 1. The molecule has 7 nitrogen and oxygen atoms in total. The van der Waals surface area contributed by atoms with Crippen molar-refractivity contribution >= 4 is 6.03 Å². The maximum atomic E-state index is 12.1. The van der Waals surface area contributed by atoms with Crippen molar-refractivity contribution < 1.29 is 18.8 Å². The number of hydrogen-bond donors (Lipinski definition) is 1. The molecule has 7 heteroatoms. The van der Waals surface area contributed by atoms with Gasteiger partial charge in [-0.25, -0.2) is 4.79 Å². The van der Waals surface area contributed by atoms with E-state index in [9.17, 15) is 4.79 Å². The van der Waals surface area contributed by atoms with Gasteiger partial charge in [0.05, 0.1) is 6.54 Å². The number of aromatic nitrogens is 1. The number of urea groups is 1. The first kappa shape index (κ1) is 14.2. The molecule has 1 aromatic carbocycles. The molecule has 0 spiro atoms. The Kier molecular flexibility index (Phi) is 3.86. The molecule has 0 atom stereocenters. The van der Waals surface area contributed by atoms with Gasteiger partial charge in [-0.05, 0) is 24.6 Å². The van der Waals surface area contributed by atoms with Gasteiger partial charge in [-0.15, -0.1) is 0 Å². The van der Waals surface area contributed by atoms with Gasteiger partial charge in [0.15, 0.2) is 11.5 Å². The number of hydrogen-bond acceptors (Lipinski definition) is 5. The third kappa shape index (κ3) is 3.13. The first-order valence-electron chi connectivity index (χ1n) is 6.91. The normalized spacial score (nSPS) is 12.3. The van der Waals surface area contributed by atoms with E-state index in [1.165, 1.54) is 0 Å². The Balaban J connectivity index is 1.53. The lowest BCUT2D eigenvalue weighted by molar-refractivity contribution is 0.174. The van der Waals surface area contributed by atoms with E-state index >= 15 is 0 Å². The number of carbonyl (C=O) groups is 1. The van der Waals surface area contributed by atoms with Gasteiger partial charge < -0.3 is 24.2 Å². The Morgan fingerprint density at radius 1 is 1.32 bits per heavy atom. The van der Waals surface area contributed by atoms with E-state index < -0.39 is 0 Å². The molecule has 0 radical (unpaired) electrons. The third-order valence-electron chi connectivity index (χ3n) is 3.30. The zero-order chi connectivity index (χ0) is 15.5. The summed E-state index contributed by atoms with van der Waals surface area (Å²) in [7, 11) is 1.71. The van der Waals surface area contributed by atoms with Crippen LogP contribution in [-0.4, -0.2) is 29.9 Å².